The van der Waals surface area contributed by atoms with Crippen LogP contribution in [0.15, 0.2) is 5.51 Å². The van der Waals surface area contributed by atoms with E-state index in [-0.39, 0.29) is 11.4 Å². The molecule has 0 unspecified atom stereocenters. The van der Waals surface area contributed by atoms with Gasteiger partial charge in [-0.1, -0.05) is 0 Å². The van der Waals surface area contributed by atoms with E-state index in [0.29, 0.717) is 0 Å². The third-order valence-corrected chi connectivity index (χ3v) is 5.92. The fourth-order valence-electron chi connectivity index (χ4n) is 3.44. The Balaban J connectivity index is 1.66. The molecule has 116 valence electrons. The predicted octanol–water partition coefficient (Wildman–Crippen LogP) is 1.24. The molecule has 1 spiro atoms. The van der Waals surface area contributed by atoms with Crippen molar-refractivity contribution in [1.29, 1.82) is 0 Å². The number of likely N-dealkylation sites (N-methyl/N-ethyl adjacent to an activating group) is 1. The SMILES string of the molecule is Cc1ncsc1CN1CCC2(CC1)C(=O)NCCCN2C. The average Bonchev–Trinajstić information content (AvgIpc) is 2.83. The lowest BCUT2D eigenvalue weighted by atomic mass is 9.85. The zero-order chi connectivity index (χ0) is 14.9. The van der Waals surface area contributed by atoms with Gasteiger partial charge in [-0.15, -0.1) is 11.3 Å². The number of hydrogen-bond donors (Lipinski definition) is 1. The van der Waals surface area contributed by atoms with Crippen LogP contribution in [0, 0.1) is 6.92 Å². The molecule has 1 amide bonds. The van der Waals surface area contributed by atoms with Crippen LogP contribution in [-0.4, -0.2) is 59.5 Å². The summed E-state index contributed by atoms with van der Waals surface area (Å²) in [6.07, 6.45) is 2.90. The highest BCUT2D eigenvalue weighted by Crippen LogP contribution is 2.31. The Bertz CT molecular complexity index is 508. The van der Waals surface area contributed by atoms with Gasteiger partial charge in [-0.2, -0.15) is 0 Å². The summed E-state index contributed by atoms with van der Waals surface area (Å²) in [6.45, 7) is 6.83. The van der Waals surface area contributed by atoms with Crippen molar-refractivity contribution in [2.24, 2.45) is 0 Å². The van der Waals surface area contributed by atoms with Crippen LogP contribution in [0.1, 0.15) is 29.8 Å². The van der Waals surface area contributed by atoms with Gasteiger partial charge in [-0.3, -0.25) is 14.6 Å². The molecule has 2 aliphatic heterocycles. The second-order valence-corrected chi connectivity index (χ2v) is 7.14. The molecule has 0 atom stereocenters. The quantitative estimate of drug-likeness (QED) is 0.893. The third kappa shape index (κ3) is 2.84. The Labute approximate surface area is 130 Å². The molecular formula is C15H24N4OS. The van der Waals surface area contributed by atoms with E-state index >= 15 is 0 Å². The van der Waals surface area contributed by atoms with E-state index in [2.05, 4.69) is 34.1 Å². The molecule has 2 aliphatic rings. The lowest BCUT2D eigenvalue weighted by Gasteiger charge is -2.44. The Morgan fingerprint density at radius 3 is 2.81 bits per heavy atom. The first-order valence-corrected chi connectivity index (χ1v) is 8.61. The van der Waals surface area contributed by atoms with E-state index < -0.39 is 0 Å². The van der Waals surface area contributed by atoms with Crippen LogP contribution in [0.25, 0.3) is 0 Å². The number of rotatable bonds is 2. The van der Waals surface area contributed by atoms with Crippen molar-refractivity contribution in [3.8, 4) is 0 Å². The minimum atomic E-state index is -0.282. The third-order valence-electron chi connectivity index (χ3n) is 5.00. The van der Waals surface area contributed by atoms with Crippen LogP contribution in [0.2, 0.25) is 0 Å². The van der Waals surface area contributed by atoms with Gasteiger partial charge in [-0.05, 0) is 33.2 Å². The number of nitrogens with zero attached hydrogens (tertiary/aromatic N) is 3. The van der Waals surface area contributed by atoms with E-state index in [1.807, 2.05) is 5.51 Å². The summed E-state index contributed by atoms with van der Waals surface area (Å²) in [7, 11) is 2.11. The first-order valence-electron chi connectivity index (χ1n) is 7.73. The molecule has 0 saturated carbocycles. The van der Waals surface area contributed by atoms with Gasteiger partial charge in [-0.25, -0.2) is 4.98 Å². The van der Waals surface area contributed by atoms with Crippen LogP contribution in [0.5, 0.6) is 0 Å². The predicted molar refractivity (Wildman–Crippen MR) is 84.3 cm³/mol. The van der Waals surface area contributed by atoms with E-state index in [4.69, 9.17) is 0 Å². The van der Waals surface area contributed by atoms with Crippen LogP contribution >= 0.6 is 11.3 Å². The second-order valence-electron chi connectivity index (χ2n) is 6.20. The number of amides is 1. The largest absolute Gasteiger partial charge is 0.354 e. The fourth-order valence-corrected chi connectivity index (χ4v) is 4.26. The Morgan fingerprint density at radius 2 is 2.14 bits per heavy atom. The summed E-state index contributed by atoms with van der Waals surface area (Å²) in [5.74, 6) is 0.233. The molecule has 6 heteroatoms. The van der Waals surface area contributed by atoms with Gasteiger partial charge < -0.3 is 5.32 Å². The van der Waals surface area contributed by atoms with Crippen molar-refractivity contribution >= 4 is 17.2 Å². The standard InChI is InChI=1S/C15H24N4OS/c1-12-13(21-11-17-12)10-19-8-4-15(5-9-19)14(20)16-6-3-7-18(15)2/h11H,3-10H2,1-2H3,(H,16,20). The number of aromatic nitrogens is 1. The topological polar surface area (TPSA) is 48.5 Å². The number of aryl methyl sites for hydroxylation is 1. The number of hydrogen-bond acceptors (Lipinski definition) is 5. The van der Waals surface area contributed by atoms with Crippen LogP contribution in [0.4, 0.5) is 0 Å². The summed E-state index contributed by atoms with van der Waals surface area (Å²) in [6, 6.07) is 0. The number of nitrogens with one attached hydrogen (secondary N) is 1. The maximum atomic E-state index is 12.5. The molecule has 0 aliphatic carbocycles. The molecule has 5 nitrogen and oxygen atoms in total. The fraction of sp³-hybridized carbons (Fsp3) is 0.733. The summed E-state index contributed by atoms with van der Waals surface area (Å²) in [5, 5.41) is 3.10. The molecule has 0 aromatic carbocycles. The number of likely N-dealkylation sites (tertiary alicyclic amines) is 1. The maximum absolute atomic E-state index is 12.5. The summed E-state index contributed by atoms with van der Waals surface area (Å²) in [5.41, 5.74) is 2.78. The first kappa shape index (κ1) is 14.9. The van der Waals surface area contributed by atoms with Crippen molar-refractivity contribution in [2.75, 3.05) is 33.2 Å². The molecule has 0 radical (unpaired) electrons. The van der Waals surface area contributed by atoms with E-state index in [1.54, 1.807) is 11.3 Å². The van der Waals surface area contributed by atoms with E-state index in [9.17, 15) is 4.79 Å². The Hall–Kier alpha value is -0.980. The summed E-state index contributed by atoms with van der Waals surface area (Å²) >= 11 is 1.73. The van der Waals surface area contributed by atoms with Crippen LogP contribution in [0.3, 0.4) is 0 Å². The zero-order valence-corrected chi connectivity index (χ0v) is 13.7. The second kappa shape index (κ2) is 6.02. The number of carbonyl (C=O) groups is 1. The molecule has 3 rings (SSSR count). The van der Waals surface area contributed by atoms with Crippen molar-refractivity contribution in [3.63, 3.8) is 0 Å². The van der Waals surface area contributed by atoms with Crippen LogP contribution < -0.4 is 5.32 Å². The van der Waals surface area contributed by atoms with Gasteiger partial charge >= 0.3 is 0 Å². The molecule has 2 fully saturated rings. The van der Waals surface area contributed by atoms with Crippen molar-refractivity contribution in [3.05, 3.63) is 16.1 Å². The highest BCUT2D eigenvalue weighted by molar-refractivity contribution is 7.09. The van der Waals surface area contributed by atoms with Gasteiger partial charge in [0.25, 0.3) is 0 Å². The minimum absolute atomic E-state index is 0.233. The van der Waals surface area contributed by atoms with Gasteiger partial charge in [0, 0.05) is 37.6 Å². The zero-order valence-electron chi connectivity index (χ0n) is 12.9. The lowest BCUT2D eigenvalue weighted by molar-refractivity contribution is -0.134. The van der Waals surface area contributed by atoms with Crippen molar-refractivity contribution in [1.82, 2.24) is 20.1 Å². The number of piperidine rings is 1. The highest BCUT2D eigenvalue weighted by Gasteiger charge is 2.45. The van der Waals surface area contributed by atoms with E-state index in [0.717, 1.165) is 57.7 Å². The summed E-state index contributed by atoms with van der Waals surface area (Å²) in [4.78, 5) is 22.9. The number of carbonyl (C=O) groups excluding carboxylic acids is 1. The van der Waals surface area contributed by atoms with Crippen LogP contribution in [-0.2, 0) is 11.3 Å². The van der Waals surface area contributed by atoms with Crippen molar-refractivity contribution < 1.29 is 4.79 Å². The summed E-state index contributed by atoms with van der Waals surface area (Å²) < 4.78 is 0. The molecule has 1 aromatic heterocycles. The molecule has 1 N–H and O–H groups in total. The molecule has 1 aromatic rings. The van der Waals surface area contributed by atoms with Gasteiger partial charge in [0.15, 0.2) is 0 Å². The molecule has 2 saturated heterocycles. The van der Waals surface area contributed by atoms with E-state index in [1.165, 1.54) is 4.88 Å². The van der Waals surface area contributed by atoms with Gasteiger partial charge in [0.2, 0.25) is 5.91 Å². The number of thiazole rings is 1. The normalized spacial score (nSPS) is 24.0. The average molecular weight is 308 g/mol. The molecular weight excluding hydrogens is 284 g/mol. The van der Waals surface area contributed by atoms with Gasteiger partial charge in [0.1, 0.15) is 5.54 Å². The van der Waals surface area contributed by atoms with Gasteiger partial charge in [0.05, 0.1) is 11.2 Å². The minimum Gasteiger partial charge on any atom is -0.354 e. The lowest BCUT2D eigenvalue weighted by Crippen LogP contribution is -2.60. The highest BCUT2D eigenvalue weighted by atomic mass is 32.1. The monoisotopic (exact) mass is 308 g/mol. The maximum Gasteiger partial charge on any atom is 0.240 e. The smallest absolute Gasteiger partial charge is 0.240 e. The molecule has 3 heterocycles. The van der Waals surface area contributed by atoms with Crippen molar-refractivity contribution in [2.45, 2.75) is 38.3 Å². The first-order chi connectivity index (χ1) is 10.1. The Morgan fingerprint density at radius 1 is 1.38 bits per heavy atom. The molecule has 0 bridgehead atoms. The molecule has 21 heavy (non-hydrogen) atoms. The Kier molecular flexibility index (Phi) is 4.28.